The molecule has 0 spiro atoms. The number of hydrogen-bond acceptors (Lipinski definition) is 6. The first-order valence-corrected chi connectivity index (χ1v) is 12.3. The summed E-state index contributed by atoms with van der Waals surface area (Å²) in [7, 11) is 0. The second-order valence-corrected chi connectivity index (χ2v) is 9.80. The van der Waals surface area contributed by atoms with Crippen molar-refractivity contribution >= 4 is 11.8 Å². The van der Waals surface area contributed by atoms with Gasteiger partial charge in [-0.05, 0) is 38.8 Å². The molecule has 0 aliphatic carbocycles. The van der Waals surface area contributed by atoms with Crippen molar-refractivity contribution in [3.8, 4) is 23.0 Å². The van der Waals surface area contributed by atoms with Crippen LogP contribution in [0.1, 0.15) is 44.6 Å². The van der Waals surface area contributed by atoms with Crippen LogP contribution in [0, 0.1) is 27.7 Å². The number of aliphatic hydroxyl groups is 1. The molecule has 0 fully saturated rings. The van der Waals surface area contributed by atoms with Crippen molar-refractivity contribution in [3.05, 3.63) is 93.3 Å². The van der Waals surface area contributed by atoms with Crippen LogP contribution in [0.3, 0.4) is 0 Å². The number of rotatable bonds is 5. The zero-order valence-electron chi connectivity index (χ0n) is 19.8. The Morgan fingerprint density at radius 3 is 2.44 bits per heavy atom. The quantitative estimate of drug-likeness (QED) is 0.242. The van der Waals surface area contributed by atoms with Gasteiger partial charge in [0.05, 0.1) is 17.9 Å². The predicted molar refractivity (Wildman–Crippen MR) is 135 cm³/mol. The van der Waals surface area contributed by atoms with Crippen molar-refractivity contribution in [2.75, 3.05) is 0 Å². The molecule has 5 nitrogen and oxygen atoms in total. The van der Waals surface area contributed by atoms with E-state index in [4.69, 9.17) is 14.7 Å². The highest BCUT2D eigenvalue weighted by atomic mass is 32.2. The van der Waals surface area contributed by atoms with E-state index >= 15 is 0 Å². The Hall–Kier alpha value is -3.22. The number of ether oxygens (including phenoxy) is 1. The van der Waals surface area contributed by atoms with Crippen LogP contribution in [0.5, 0.6) is 11.6 Å². The normalized spacial score (nSPS) is 12.1. The molecule has 2 aromatic heterocycles. The number of fused-ring (bicyclic) bond motifs is 2. The Bertz CT molecular complexity index is 1380. The SMILES string of the molecule is Cc1ccc(-c2nc3c(c(SCc4cc(C)ccc4C)n2)Cc2c(CO)cnc(C)c2O3)cc1. The molecular formula is C28H27N3O2S. The van der Waals surface area contributed by atoms with Gasteiger partial charge in [-0.3, -0.25) is 4.98 Å². The van der Waals surface area contributed by atoms with Gasteiger partial charge in [0.15, 0.2) is 11.6 Å². The molecule has 1 N–H and O–H groups in total. The standard InChI is InChI=1S/C28H27N3O2S/c1-16-6-9-20(10-7-16)26-30-27-24(12-23-22(14-32)13-29-19(4)25(23)33-27)28(31-26)34-15-21-11-17(2)5-8-18(21)3/h5-11,13,32H,12,14-15H2,1-4H3. The van der Waals surface area contributed by atoms with Gasteiger partial charge < -0.3 is 9.84 Å². The lowest BCUT2D eigenvalue weighted by Crippen LogP contribution is -2.13. The molecule has 0 saturated carbocycles. The highest BCUT2D eigenvalue weighted by molar-refractivity contribution is 7.98. The number of thioether (sulfide) groups is 1. The smallest absolute Gasteiger partial charge is 0.227 e. The summed E-state index contributed by atoms with van der Waals surface area (Å²) in [6.07, 6.45) is 2.33. The summed E-state index contributed by atoms with van der Waals surface area (Å²) in [5.41, 5.74) is 9.44. The summed E-state index contributed by atoms with van der Waals surface area (Å²) in [4.78, 5) is 14.2. The first kappa shape index (κ1) is 22.6. The number of benzene rings is 2. The summed E-state index contributed by atoms with van der Waals surface area (Å²) in [6.45, 7) is 8.17. The minimum atomic E-state index is -0.0818. The fourth-order valence-corrected chi connectivity index (χ4v) is 5.23. The zero-order chi connectivity index (χ0) is 23.8. The van der Waals surface area contributed by atoms with Crippen LogP contribution in [-0.4, -0.2) is 20.1 Å². The average molecular weight is 470 g/mol. The first-order chi connectivity index (χ1) is 16.4. The summed E-state index contributed by atoms with van der Waals surface area (Å²) in [6, 6.07) is 14.8. The van der Waals surface area contributed by atoms with E-state index in [1.54, 1.807) is 18.0 Å². The molecule has 0 atom stereocenters. The van der Waals surface area contributed by atoms with Gasteiger partial charge in [0.2, 0.25) is 5.88 Å². The van der Waals surface area contributed by atoms with Crippen LogP contribution in [0.4, 0.5) is 0 Å². The van der Waals surface area contributed by atoms with E-state index in [1.807, 2.05) is 19.1 Å². The van der Waals surface area contributed by atoms with Gasteiger partial charge in [-0.25, -0.2) is 4.98 Å². The van der Waals surface area contributed by atoms with Crippen LogP contribution in [0.15, 0.2) is 53.7 Å². The Morgan fingerprint density at radius 2 is 1.68 bits per heavy atom. The molecular weight excluding hydrogens is 442 g/mol. The maximum Gasteiger partial charge on any atom is 0.227 e. The van der Waals surface area contributed by atoms with Crippen LogP contribution in [-0.2, 0) is 18.8 Å². The van der Waals surface area contributed by atoms with Crippen molar-refractivity contribution in [2.24, 2.45) is 0 Å². The van der Waals surface area contributed by atoms with Crippen LogP contribution >= 0.6 is 11.8 Å². The lowest BCUT2D eigenvalue weighted by atomic mass is 9.99. The number of aliphatic hydroxyl groups excluding tert-OH is 1. The minimum Gasteiger partial charge on any atom is -0.436 e. The zero-order valence-corrected chi connectivity index (χ0v) is 20.7. The maximum atomic E-state index is 9.89. The molecule has 172 valence electrons. The Kier molecular flexibility index (Phi) is 6.11. The molecule has 6 heteroatoms. The molecule has 1 aliphatic heterocycles. The van der Waals surface area contributed by atoms with Gasteiger partial charge in [-0.1, -0.05) is 53.6 Å². The third-order valence-electron chi connectivity index (χ3n) is 6.24. The summed E-state index contributed by atoms with van der Waals surface area (Å²) < 4.78 is 6.33. The monoisotopic (exact) mass is 469 g/mol. The van der Waals surface area contributed by atoms with Gasteiger partial charge in [0.25, 0.3) is 0 Å². The molecule has 34 heavy (non-hydrogen) atoms. The average Bonchev–Trinajstić information content (AvgIpc) is 2.84. The third-order valence-corrected chi connectivity index (χ3v) is 7.30. The van der Waals surface area contributed by atoms with Gasteiger partial charge in [0, 0.05) is 35.1 Å². The highest BCUT2D eigenvalue weighted by Gasteiger charge is 2.27. The van der Waals surface area contributed by atoms with E-state index in [0.717, 1.165) is 38.7 Å². The van der Waals surface area contributed by atoms with E-state index in [2.05, 4.69) is 56.1 Å². The molecule has 0 bridgehead atoms. The van der Waals surface area contributed by atoms with Gasteiger partial charge in [-0.2, -0.15) is 4.98 Å². The fourth-order valence-electron chi connectivity index (χ4n) is 4.15. The summed E-state index contributed by atoms with van der Waals surface area (Å²) >= 11 is 1.71. The molecule has 4 aromatic rings. The van der Waals surface area contributed by atoms with Crippen molar-refractivity contribution in [1.82, 2.24) is 15.0 Å². The number of hydrogen-bond donors (Lipinski definition) is 1. The number of pyridine rings is 1. The maximum absolute atomic E-state index is 9.89. The molecule has 3 heterocycles. The third kappa shape index (κ3) is 4.31. The Labute approximate surface area is 204 Å². The van der Waals surface area contributed by atoms with Crippen molar-refractivity contribution < 1.29 is 9.84 Å². The van der Waals surface area contributed by atoms with E-state index in [-0.39, 0.29) is 6.61 Å². The lowest BCUT2D eigenvalue weighted by Gasteiger charge is -2.24. The van der Waals surface area contributed by atoms with Gasteiger partial charge in [-0.15, -0.1) is 11.8 Å². The fraction of sp³-hybridized carbons (Fsp3) is 0.250. The van der Waals surface area contributed by atoms with E-state index in [9.17, 15) is 5.11 Å². The van der Waals surface area contributed by atoms with Crippen LogP contribution < -0.4 is 4.74 Å². The lowest BCUT2D eigenvalue weighted by molar-refractivity contribution is 0.278. The second kappa shape index (κ2) is 9.20. The number of nitrogens with zero attached hydrogens (tertiary/aromatic N) is 3. The summed E-state index contributed by atoms with van der Waals surface area (Å²) in [5, 5.41) is 10.8. The van der Waals surface area contributed by atoms with E-state index < -0.39 is 0 Å². The van der Waals surface area contributed by atoms with Gasteiger partial charge >= 0.3 is 0 Å². The predicted octanol–water partition coefficient (Wildman–Crippen LogP) is 6.25. The molecule has 1 aliphatic rings. The van der Waals surface area contributed by atoms with Crippen molar-refractivity contribution in [3.63, 3.8) is 0 Å². The molecule has 0 radical (unpaired) electrons. The van der Waals surface area contributed by atoms with E-state index in [1.165, 1.54) is 22.3 Å². The first-order valence-electron chi connectivity index (χ1n) is 11.4. The number of aryl methyl sites for hydroxylation is 4. The van der Waals surface area contributed by atoms with E-state index in [0.29, 0.717) is 23.9 Å². The van der Waals surface area contributed by atoms with Gasteiger partial charge in [0.1, 0.15) is 5.03 Å². The van der Waals surface area contributed by atoms with Crippen molar-refractivity contribution in [1.29, 1.82) is 0 Å². The Morgan fingerprint density at radius 1 is 0.912 bits per heavy atom. The minimum absolute atomic E-state index is 0.0818. The highest BCUT2D eigenvalue weighted by Crippen LogP contribution is 2.43. The molecule has 0 saturated heterocycles. The largest absolute Gasteiger partial charge is 0.436 e. The van der Waals surface area contributed by atoms with Crippen molar-refractivity contribution in [2.45, 2.75) is 51.5 Å². The molecule has 0 unspecified atom stereocenters. The Balaban J connectivity index is 1.60. The molecule has 2 aromatic carbocycles. The topological polar surface area (TPSA) is 68.1 Å². The second-order valence-electron chi connectivity index (χ2n) is 8.83. The molecule has 0 amide bonds. The van der Waals surface area contributed by atoms with Crippen LogP contribution in [0.25, 0.3) is 11.4 Å². The van der Waals surface area contributed by atoms with Crippen LogP contribution in [0.2, 0.25) is 0 Å². The summed E-state index contributed by atoms with van der Waals surface area (Å²) in [5.74, 6) is 2.72. The molecule has 5 rings (SSSR count). The number of aromatic nitrogens is 3.